The first-order valence-electron chi connectivity index (χ1n) is 8.78. The van der Waals surface area contributed by atoms with Gasteiger partial charge in [0, 0.05) is 10.9 Å². The van der Waals surface area contributed by atoms with E-state index < -0.39 is 6.04 Å². The number of carbonyl (C=O) groups is 1. The Hall–Kier alpha value is -2.47. The first-order chi connectivity index (χ1) is 12.6. The van der Waals surface area contributed by atoms with E-state index in [1.165, 1.54) is 22.2 Å². The predicted molar refractivity (Wildman–Crippen MR) is 105 cm³/mol. The van der Waals surface area contributed by atoms with Crippen molar-refractivity contribution in [2.75, 3.05) is 6.61 Å². The molecule has 2 aromatic heterocycles. The van der Waals surface area contributed by atoms with Gasteiger partial charge in [0.05, 0.1) is 18.3 Å². The molecule has 1 atom stereocenters. The minimum atomic E-state index is -0.656. The lowest BCUT2D eigenvalue weighted by atomic mass is 10.0. The van der Waals surface area contributed by atoms with Gasteiger partial charge in [-0.3, -0.25) is 9.36 Å². The highest BCUT2D eigenvalue weighted by Gasteiger charge is 2.23. The van der Waals surface area contributed by atoms with Gasteiger partial charge in [-0.1, -0.05) is 43.7 Å². The summed E-state index contributed by atoms with van der Waals surface area (Å²) in [6.45, 7) is 6.18. The Bertz CT molecular complexity index is 973. The minimum Gasteiger partial charge on any atom is -0.464 e. The van der Waals surface area contributed by atoms with Crippen molar-refractivity contribution in [1.29, 1.82) is 0 Å². The Balaban J connectivity index is 2.10. The van der Waals surface area contributed by atoms with E-state index in [2.05, 4.69) is 4.98 Å². The first-order valence-corrected chi connectivity index (χ1v) is 9.66. The second-order valence-electron chi connectivity index (χ2n) is 6.24. The van der Waals surface area contributed by atoms with E-state index in [0.29, 0.717) is 23.2 Å². The number of esters is 1. The summed E-state index contributed by atoms with van der Waals surface area (Å²) >= 11 is 1.44. The van der Waals surface area contributed by atoms with Crippen LogP contribution in [0.4, 0.5) is 0 Å². The number of rotatable bonds is 6. The molecule has 0 radical (unpaired) electrons. The molecule has 0 saturated carbocycles. The molecule has 0 unspecified atom stereocenters. The third-order valence-electron chi connectivity index (χ3n) is 4.32. The maximum absolute atomic E-state index is 13.2. The number of nitrogens with zero attached hydrogens (tertiary/aromatic N) is 2. The molecule has 0 amide bonds. The van der Waals surface area contributed by atoms with Gasteiger partial charge in [-0.2, -0.15) is 0 Å². The molecule has 0 aliphatic carbocycles. The van der Waals surface area contributed by atoms with Crippen LogP contribution in [0, 0.1) is 6.92 Å². The van der Waals surface area contributed by atoms with Crippen LogP contribution < -0.4 is 5.56 Å². The van der Waals surface area contributed by atoms with Gasteiger partial charge in [0.25, 0.3) is 5.56 Å². The van der Waals surface area contributed by atoms with E-state index in [4.69, 9.17) is 4.74 Å². The molecular weight excluding hydrogens is 348 g/mol. The Morgan fingerprint density at radius 1 is 1.27 bits per heavy atom. The molecule has 0 aliphatic rings. The average molecular weight is 370 g/mol. The van der Waals surface area contributed by atoms with E-state index in [1.54, 1.807) is 0 Å². The summed E-state index contributed by atoms with van der Waals surface area (Å²) in [4.78, 5) is 30.6. The van der Waals surface area contributed by atoms with Crippen LogP contribution in [-0.2, 0) is 9.53 Å². The summed E-state index contributed by atoms with van der Waals surface area (Å²) in [5, 5.41) is 2.51. The molecule has 5 nitrogen and oxygen atoms in total. The number of hydrogen-bond donors (Lipinski definition) is 0. The zero-order valence-electron chi connectivity index (χ0n) is 15.2. The van der Waals surface area contributed by atoms with Gasteiger partial charge in [0.2, 0.25) is 0 Å². The van der Waals surface area contributed by atoms with Crippen LogP contribution in [-0.4, -0.2) is 22.1 Å². The lowest BCUT2D eigenvalue weighted by Crippen LogP contribution is -2.31. The van der Waals surface area contributed by atoms with Crippen LogP contribution in [0.3, 0.4) is 0 Å². The van der Waals surface area contributed by atoms with Gasteiger partial charge in [-0.05, 0) is 25.3 Å². The van der Waals surface area contributed by atoms with Gasteiger partial charge in [-0.25, -0.2) is 9.78 Å². The van der Waals surface area contributed by atoms with Crippen molar-refractivity contribution in [3.8, 4) is 11.1 Å². The lowest BCUT2D eigenvalue weighted by molar-refractivity contribution is -0.147. The number of hydrogen-bond acceptors (Lipinski definition) is 5. The molecule has 0 spiro atoms. The molecule has 0 saturated heterocycles. The SMILES string of the molecule is CCCOC(=O)[C@H](CC)n1cnc2scc(-c3ccc(C)cc3)c2c1=O. The second kappa shape index (κ2) is 7.83. The fourth-order valence-electron chi connectivity index (χ4n) is 2.89. The predicted octanol–water partition coefficient (Wildman–Crippen LogP) is 4.34. The molecule has 26 heavy (non-hydrogen) atoms. The van der Waals surface area contributed by atoms with Crippen molar-refractivity contribution in [2.45, 2.75) is 39.7 Å². The fraction of sp³-hybridized carbons (Fsp3) is 0.350. The quantitative estimate of drug-likeness (QED) is 0.606. The van der Waals surface area contributed by atoms with Gasteiger partial charge in [0.1, 0.15) is 10.9 Å². The number of aromatic nitrogens is 2. The highest BCUT2D eigenvalue weighted by Crippen LogP contribution is 2.31. The molecular formula is C20H22N2O3S. The van der Waals surface area contributed by atoms with Crippen LogP contribution >= 0.6 is 11.3 Å². The maximum atomic E-state index is 13.2. The Labute approximate surface area is 156 Å². The zero-order chi connectivity index (χ0) is 18.7. The number of fused-ring (bicyclic) bond motifs is 1. The smallest absolute Gasteiger partial charge is 0.329 e. The summed E-state index contributed by atoms with van der Waals surface area (Å²) in [7, 11) is 0. The van der Waals surface area contributed by atoms with Crippen molar-refractivity contribution in [3.63, 3.8) is 0 Å². The number of ether oxygens (including phenoxy) is 1. The fourth-order valence-corrected chi connectivity index (χ4v) is 3.80. The van der Waals surface area contributed by atoms with Crippen LogP contribution in [0.15, 0.2) is 40.8 Å². The molecule has 0 N–H and O–H groups in total. The van der Waals surface area contributed by atoms with E-state index in [9.17, 15) is 9.59 Å². The standard InChI is InChI=1S/C20H22N2O3S/c1-4-10-25-20(24)16(5-2)22-12-21-18-17(19(22)23)15(11-26-18)14-8-6-13(3)7-9-14/h6-9,11-12,16H,4-5,10H2,1-3H3/t16-/m0/s1. The number of aryl methyl sites for hydroxylation is 1. The lowest BCUT2D eigenvalue weighted by Gasteiger charge is -2.16. The van der Waals surface area contributed by atoms with Crippen molar-refractivity contribution in [1.82, 2.24) is 9.55 Å². The highest BCUT2D eigenvalue weighted by molar-refractivity contribution is 7.17. The van der Waals surface area contributed by atoms with E-state index in [-0.39, 0.29) is 11.5 Å². The van der Waals surface area contributed by atoms with Crippen LogP contribution in [0.5, 0.6) is 0 Å². The molecule has 0 bridgehead atoms. The summed E-state index contributed by atoms with van der Waals surface area (Å²) in [6, 6.07) is 7.38. The molecule has 0 aliphatic heterocycles. The Kier molecular flexibility index (Phi) is 5.52. The molecule has 136 valence electrons. The summed E-state index contributed by atoms with van der Waals surface area (Å²) < 4.78 is 6.66. The Morgan fingerprint density at radius 3 is 2.65 bits per heavy atom. The normalized spacial score (nSPS) is 12.3. The monoisotopic (exact) mass is 370 g/mol. The highest BCUT2D eigenvalue weighted by atomic mass is 32.1. The van der Waals surface area contributed by atoms with Crippen LogP contribution in [0.25, 0.3) is 21.3 Å². The Morgan fingerprint density at radius 2 is 2.00 bits per heavy atom. The van der Waals surface area contributed by atoms with E-state index in [1.807, 2.05) is 50.4 Å². The third kappa shape index (κ3) is 3.42. The molecule has 2 heterocycles. The summed E-state index contributed by atoms with van der Waals surface area (Å²) in [5.74, 6) is -0.385. The van der Waals surface area contributed by atoms with Gasteiger partial charge >= 0.3 is 5.97 Å². The molecule has 1 aromatic carbocycles. The van der Waals surface area contributed by atoms with Crippen molar-refractivity contribution < 1.29 is 9.53 Å². The number of carbonyl (C=O) groups excluding carboxylic acids is 1. The van der Waals surface area contributed by atoms with Crippen molar-refractivity contribution in [2.24, 2.45) is 0 Å². The van der Waals surface area contributed by atoms with Crippen LogP contribution in [0.2, 0.25) is 0 Å². The topological polar surface area (TPSA) is 61.2 Å². The van der Waals surface area contributed by atoms with E-state index in [0.717, 1.165) is 23.1 Å². The van der Waals surface area contributed by atoms with E-state index >= 15 is 0 Å². The molecule has 6 heteroatoms. The molecule has 0 fully saturated rings. The van der Waals surface area contributed by atoms with Gasteiger partial charge in [-0.15, -0.1) is 11.3 Å². The van der Waals surface area contributed by atoms with Gasteiger partial charge in [0.15, 0.2) is 0 Å². The summed E-state index contributed by atoms with van der Waals surface area (Å²) in [5.41, 5.74) is 2.79. The van der Waals surface area contributed by atoms with Crippen LogP contribution in [0.1, 0.15) is 38.3 Å². The minimum absolute atomic E-state index is 0.202. The number of thiophene rings is 1. The average Bonchev–Trinajstić information content (AvgIpc) is 3.08. The van der Waals surface area contributed by atoms with Crippen molar-refractivity contribution in [3.05, 3.63) is 51.9 Å². The maximum Gasteiger partial charge on any atom is 0.329 e. The zero-order valence-corrected chi connectivity index (χ0v) is 16.0. The first kappa shape index (κ1) is 18.3. The van der Waals surface area contributed by atoms with Gasteiger partial charge < -0.3 is 4.74 Å². The third-order valence-corrected chi connectivity index (χ3v) is 5.21. The molecule has 3 aromatic rings. The second-order valence-corrected chi connectivity index (χ2v) is 7.10. The molecule has 3 rings (SSSR count). The number of benzene rings is 1. The summed E-state index contributed by atoms with van der Waals surface area (Å²) in [6.07, 6.45) is 2.68. The van der Waals surface area contributed by atoms with Crippen molar-refractivity contribution >= 4 is 27.5 Å². The largest absolute Gasteiger partial charge is 0.464 e.